The van der Waals surface area contributed by atoms with Crippen molar-refractivity contribution in [3.8, 4) is 16.9 Å². The van der Waals surface area contributed by atoms with Crippen LogP contribution in [0.5, 0.6) is 5.75 Å². The van der Waals surface area contributed by atoms with E-state index in [9.17, 15) is 31.4 Å². The van der Waals surface area contributed by atoms with Crippen molar-refractivity contribution in [2.75, 3.05) is 0 Å². The third-order valence-corrected chi connectivity index (χ3v) is 6.34. The zero-order chi connectivity index (χ0) is 27.7. The summed E-state index contributed by atoms with van der Waals surface area (Å²) >= 11 is 0. The topological polar surface area (TPSA) is 32.6 Å². The molecule has 0 heterocycles. The maximum atomic E-state index is 13.3. The van der Waals surface area contributed by atoms with E-state index in [0.29, 0.717) is 23.3 Å². The smallest absolute Gasteiger partial charge is 0.416 e. The molecule has 1 N–H and O–H groups in total. The van der Waals surface area contributed by atoms with Crippen LogP contribution in [0, 0.1) is 0 Å². The van der Waals surface area contributed by atoms with Gasteiger partial charge in [0, 0.05) is 22.8 Å². The lowest BCUT2D eigenvalue weighted by atomic mass is 9.76. The molecule has 0 saturated carbocycles. The first-order valence-corrected chi connectivity index (χ1v) is 11.6. The molecule has 0 aliphatic carbocycles. The first kappa shape index (κ1) is 27.0. The Labute approximate surface area is 215 Å². The monoisotopic (exact) mass is 527 g/mol. The molecular formula is C30H23F6NO. The Bertz CT molecular complexity index is 1420. The van der Waals surface area contributed by atoms with Crippen molar-refractivity contribution in [1.82, 2.24) is 0 Å². The van der Waals surface area contributed by atoms with Crippen LogP contribution in [0.2, 0.25) is 0 Å². The molecule has 2 nitrogen and oxygen atoms in total. The quantitative estimate of drug-likeness (QED) is 0.204. The van der Waals surface area contributed by atoms with E-state index in [1.165, 1.54) is 0 Å². The number of aromatic hydroxyl groups is 1. The summed E-state index contributed by atoms with van der Waals surface area (Å²) in [6.45, 7) is 3.82. The van der Waals surface area contributed by atoms with Crippen LogP contribution >= 0.6 is 0 Å². The van der Waals surface area contributed by atoms with Crippen molar-refractivity contribution in [1.29, 1.82) is 0 Å². The first-order valence-electron chi connectivity index (χ1n) is 11.6. The van der Waals surface area contributed by atoms with Crippen molar-refractivity contribution >= 4 is 11.9 Å². The molecule has 0 atom stereocenters. The number of nitrogens with zero attached hydrogens (tertiary/aromatic N) is 1. The van der Waals surface area contributed by atoms with Gasteiger partial charge in [-0.05, 0) is 47.0 Å². The van der Waals surface area contributed by atoms with Crippen LogP contribution in [0.25, 0.3) is 11.1 Å². The molecule has 0 amide bonds. The Morgan fingerprint density at radius 3 is 1.68 bits per heavy atom. The number of rotatable bonds is 5. The summed E-state index contributed by atoms with van der Waals surface area (Å²) in [5.74, 6) is -0.176. The minimum Gasteiger partial charge on any atom is -0.507 e. The summed E-state index contributed by atoms with van der Waals surface area (Å²) in [7, 11) is 0. The summed E-state index contributed by atoms with van der Waals surface area (Å²) in [5, 5.41) is 11.3. The molecule has 4 aromatic carbocycles. The zero-order valence-corrected chi connectivity index (χ0v) is 20.4. The van der Waals surface area contributed by atoms with Gasteiger partial charge >= 0.3 is 12.4 Å². The lowest BCUT2D eigenvalue weighted by Crippen LogP contribution is -2.19. The second-order valence-electron chi connectivity index (χ2n) is 9.34. The summed E-state index contributed by atoms with van der Waals surface area (Å²) in [4.78, 5) is 3.93. The molecule has 4 aromatic rings. The van der Waals surface area contributed by atoms with Crippen LogP contribution in [0.3, 0.4) is 0 Å². The van der Waals surface area contributed by atoms with E-state index in [1.807, 2.05) is 80.6 Å². The fourth-order valence-electron chi connectivity index (χ4n) is 4.20. The van der Waals surface area contributed by atoms with E-state index < -0.39 is 34.6 Å². The number of hydrogen-bond donors (Lipinski definition) is 1. The number of halogens is 6. The molecule has 0 spiro atoms. The van der Waals surface area contributed by atoms with Crippen LogP contribution in [0.4, 0.5) is 32.0 Å². The highest BCUT2D eigenvalue weighted by Crippen LogP contribution is 2.42. The zero-order valence-electron chi connectivity index (χ0n) is 20.4. The minimum absolute atomic E-state index is 0.0486. The minimum atomic E-state index is -4.99. The van der Waals surface area contributed by atoms with Crippen molar-refractivity contribution in [2.45, 2.75) is 31.6 Å². The van der Waals surface area contributed by atoms with Gasteiger partial charge < -0.3 is 5.11 Å². The highest BCUT2D eigenvalue weighted by molar-refractivity contribution is 5.89. The van der Waals surface area contributed by atoms with Crippen molar-refractivity contribution in [3.63, 3.8) is 0 Å². The van der Waals surface area contributed by atoms with Gasteiger partial charge in [-0.2, -0.15) is 26.3 Å². The van der Waals surface area contributed by atoms with Crippen LogP contribution in [-0.2, 0) is 17.8 Å². The van der Waals surface area contributed by atoms with Crippen LogP contribution in [-0.4, -0.2) is 11.3 Å². The second kappa shape index (κ2) is 10.0. The van der Waals surface area contributed by atoms with Crippen molar-refractivity contribution < 1.29 is 31.4 Å². The molecular weight excluding hydrogens is 504 g/mol. The Morgan fingerprint density at radius 1 is 0.632 bits per heavy atom. The van der Waals surface area contributed by atoms with E-state index in [0.717, 1.165) is 17.3 Å². The molecule has 196 valence electrons. The normalized spacial score (nSPS) is 12.7. The lowest BCUT2D eigenvalue weighted by molar-refractivity contribution is -0.143. The van der Waals surface area contributed by atoms with Gasteiger partial charge in [-0.15, -0.1) is 0 Å². The standard InChI is InChI=1S/C30H23F6NO/c1-28(2,22-11-7-4-8-12-22)26-14-20(19-9-5-3-6-10-19)13-21(27(26)38)18-37-25-16-23(29(31,32)33)15-24(17-25)30(34,35)36/h3-18,38H,1-2H3. The predicted octanol–water partition coefficient (Wildman–Crippen LogP) is 9.17. The molecule has 0 aromatic heterocycles. The number of alkyl halides is 6. The molecule has 0 aliphatic heterocycles. The first-order chi connectivity index (χ1) is 17.8. The third kappa shape index (κ3) is 5.74. The highest BCUT2D eigenvalue weighted by atomic mass is 19.4. The SMILES string of the molecule is CC(C)(c1ccccc1)c1cc(-c2ccccc2)cc(C=Nc2cc(C(F)(F)F)cc(C(F)(F)F)c2)c1O. The number of hydrogen-bond acceptors (Lipinski definition) is 2. The van der Waals surface area contributed by atoms with E-state index in [1.54, 1.807) is 6.07 Å². The maximum Gasteiger partial charge on any atom is 0.416 e. The molecule has 0 radical (unpaired) electrons. The van der Waals surface area contributed by atoms with Gasteiger partial charge in [-0.3, -0.25) is 4.99 Å². The summed E-state index contributed by atoms with van der Waals surface area (Å²) < 4.78 is 79.7. The largest absolute Gasteiger partial charge is 0.507 e. The van der Waals surface area contributed by atoms with E-state index in [-0.39, 0.29) is 17.4 Å². The fraction of sp³-hybridized carbons (Fsp3) is 0.167. The summed E-state index contributed by atoms with van der Waals surface area (Å²) in [6.07, 6.45) is -8.90. The van der Waals surface area contributed by atoms with E-state index in [4.69, 9.17) is 0 Å². The molecule has 0 unspecified atom stereocenters. The maximum absolute atomic E-state index is 13.3. The molecule has 0 saturated heterocycles. The molecule has 0 fully saturated rings. The predicted molar refractivity (Wildman–Crippen MR) is 136 cm³/mol. The molecule has 0 bridgehead atoms. The van der Waals surface area contributed by atoms with Gasteiger partial charge in [-0.1, -0.05) is 74.5 Å². The van der Waals surface area contributed by atoms with E-state index in [2.05, 4.69) is 4.99 Å². The summed E-state index contributed by atoms with van der Waals surface area (Å²) in [5.41, 5.74) is -1.09. The molecule has 8 heteroatoms. The highest BCUT2D eigenvalue weighted by Gasteiger charge is 2.37. The van der Waals surface area contributed by atoms with Crippen LogP contribution < -0.4 is 0 Å². The second-order valence-corrected chi connectivity index (χ2v) is 9.34. The van der Waals surface area contributed by atoms with Crippen molar-refractivity contribution in [3.05, 3.63) is 119 Å². The van der Waals surface area contributed by atoms with Gasteiger partial charge in [0.15, 0.2) is 0 Å². The number of benzene rings is 4. The summed E-state index contributed by atoms with van der Waals surface area (Å²) in [6, 6.07) is 23.2. The Balaban J connectivity index is 1.89. The molecule has 38 heavy (non-hydrogen) atoms. The third-order valence-electron chi connectivity index (χ3n) is 6.34. The van der Waals surface area contributed by atoms with Gasteiger partial charge in [0.1, 0.15) is 5.75 Å². The lowest BCUT2D eigenvalue weighted by Gasteiger charge is -2.28. The molecule has 4 rings (SSSR count). The molecule has 0 aliphatic rings. The van der Waals surface area contributed by atoms with Gasteiger partial charge in [-0.25, -0.2) is 0 Å². The average molecular weight is 528 g/mol. The fourth-order valence-corrected chi connectivity index (χ4v) is 4.20. The van der Waals surface area contributed by atoms with Crippen molar-refractivity contribution in [2.24, 2.45) is 4.99 Å². The van der Waals surface area contributed by atoms with Crippen LogP contribution in [0.15, 0.2) is 96.0 Å². The Morgan fingerprint density at radius 2 is 1.16 bits per heavy atom. The average Bonchev–Trinajstić information content (AvgIpc) is 2.88. The Kier molecular flexibility index (Phi) is 7.10. The van der Waals surface area contributed by atoms with Crippen LogP contribution in [0.1, 0.15) is 41.7 Å². The van der Waals surface area contributed by atoms with Gasteiger partial charge in [0.25, 0.3) is 0 Å². The Hall–Kier alpha value is -4.07. The van der Waals surface area contributed by atoms with Gasteiger partial charge in [0.05, 0.1) is 16.8 Å². The number of aliphatic imine (C=N–C) groups is 1. The van der Waals surface area contributed by atoms with E-state index >= 15 is 0 Å². The number of phenolic OH excluding ortho intramolecular Hbond substituents is 1. The number of phenols is 1. The van der Waals surface area contributed by atoms with Gasteiger partial charge in [0.2, 0.25) is 0 Å².